The summed E-state index contributed by atoms with van der Waals surface area (Å²) in [6.07, 6.45) is 0. The fourth-order valence-corrected chi connectivity index (χ4v) is 6.54. The Morgan fingerprint density at radius 1 is 0.421 bits per heavy atom. The lowest BCUT2D eigenvalue weighted by Gasteiger charge is -2.19. The summed E-state index contributed by atoms with van der Waals surface area (Å²) in [4.78, 5) is 25.0. The minimum absolute atomic E-state index is 0.101. The zero-order chi connectivity index (χ0) is 27.7. The van der Waals surface area contributed by atoms with E-state index >= 15 is 0 Å². The van der Waals surface area contributed by atoms with Crippen LogP contribution in [-0.2, 0) is 9.59 Å². The van der Waals surface area contributed by atoms with Crippen molar-refractivity contribution in [3.8, 4) is 33.4 Å². The second kappa shape index (κ2) is 11.3. The molecule has 0 fully saturated rings. The van der Waals surface area contributed by atoms with Crippen molar-refractivity contribution in [2.75, 3.05) is 0 Å². The molecule has 2 nitrogen and oxygen atoms in total. The molecule has 4 heteroatoms. The highest BCUT2D eigenvalue weighted by atomic mass is 32.2. The number of benzene rings is 4. The first kappa shape index (κ1) is 27.9. The predicted molar refractivity (Wildman–Crippen MR) is 164 cm³/mol. The van der Waals surface area contributed by atoms with E-state index in [0.717, 1.165) is 9.79 Å². The van der Waals surface area contributed by atoms with Gasteiger partial charge in [-0.2, -0.15) is 0 Å². The normalized spacial score (nSPS) is 11.1. The number of hydrogen-bond acceptors (Lipinski definition) is 4. The molecule has 0 atom stereocenters. The highest BCUT2D eigenvalue weighted by molar-refractivity contribution is 8.13. The van der Waals surface area contributed by atoms with Gasteiger partial charge in [-0.3, -0.25) is 9.59 Å². The number of carbonyl (C=O) groups is 2. The smallest absolute Gasteiger partial charge is 0.190 e. The van der Waals surface area contributed by atoms with Gasteiger partial charge in [0.25, 0.3) is 0 Å². The summed E-state index contributed by atoms with van der Waals surface area (Å²) in [5.41, 5.74) is 14.7. The molecular weight excluding hydrogens is 505 g/mol. The van der Waals surface area contributed by atoms with Gasteiger partial charge in [-0.05, 0) is 133 Å². The van der Waals surface area contributed by atoms with Crippen molar-refractivity contribution >= 4 is 33.8 Å². The van der Waals surface area contributed by atoms with Crippen molar-refractivity contribution in [1.29, 1.82) is 0 Å². The standard InChI is InChI=1S/C34H34O2S2/c1-19-13-27(37-25(7)35)9-11-29(19)31-15-23(5)33(17-21(31)3)34-18-22(4)32(16-24(34)6)30-12-10-28(14-20(30)2)38-26(8)36/h9-18H,1-8H3. The van der Waals surface area contributed by atoms with Crippen LogP contribution in [0.3, 0.4) is 0 Å². The van der Waals surface area contributed by atoms with E-state index in [9.17, 15) is 9.59 Å². The Morgan fingerprint density at radius 3 is 0.947 bits per heavy atom. The van der Waals surface area contributed by atoms with Gasteiger partial charge in [0.2, 0.25) is 0 Å². The zero-order valence-electron chi connectivity index (χ0n) is 23.4. The second-order valence-corrected chi connectivity index (χ2v) is 12.6. The van der Waals surface area contributed by atoms with E-state index in [-0.39, 0.29) is 10.2 Å². The fourth-order valence-electron chi connectivity index (χ4n) is 5.13. The van der Waals surface area contributed by atoms with Gasteiger partial charge in [0.05, 0.1) is 0 Å². The van der Waals surface area contributed by atoms with Crippen molar-refractivity contribution in [2.24, 2.45) is 0 Å². The number of hydrogen-bond donors (Lipinski definition) is 0. The highest BCUT2D eigenvalue weighted by Crippen LogP contribution is 2.39. The van der Waals surface area contributed by atoms with Crippen LogP contribution >= 0.6 is 23.5 Å². The predicted octanol–water partition coefficient (Wildman–Crippen LogP) is 9.82. The van der Waals surface area contributed by atoms with Crippen molar-refractivity contribution in [3.05, 3.63) is 94.0 Å². The maximum absolute atomic E-state index is 11.5. The minimum Gasteiger partial charge on any atom is -0.287 e. The number of rotatable bonds is 5. The van der Waals surface area contributed by atoms with Gasteiger partial charge in [-0.15, -0.1) is 0 Å². The largest absolute Gasteiger partial charge is 0.287 e. The number of thioether (sulfide) groups is 2. The van der Waals surface area contributed by atoms with Crippen LogP contribution in [0.2, 0.25) is 0 Å². The van der Waals surface area contributed by atoms with E-state index in [1.165, 1.54) is 90.3 Å². The molecule has 0 bridgehead atoms. The van der Waals surface area contributed by atoms with Gasteiger partial charge in [-0.1, -0.05) is 59.9 Å². The number of carbonyl (C=O) groups excluding carboxylic acids is 2. The quantitative estimate of drug-likeness (QED) is 0.237. The summed E-state index contributed by atoms with van der Waals surface area (Å²) in [7, 11) is 0. The molecule has 38 heavy (non-hydrogen) atoms. The highest BCUT2D eigenvalue weighted by Gasteiger charge is 2.15. The molecule has 0 radical (unpaired) electrons. The average Bonchev–Trinajstić information content (AvgIpc) is 2.81. The van der Waals surface area contributed by atoms with Gasteiger partial charge >= 0.3 is 0 Å². The maximum Gasteiger partial charge on any atom is 0.190 e. The molecule has 0 heterocycles. The van der Waals surface area contributed by atoms with Crippen LogP contribution in [0.5, 0.6) is 0 Å². The molecule has 4 aromatic carbocycles. The second-order valence-electron chi connectivity index (χ2n) is 10.1. The van der Waals surface area contributed by atoms with Crippen LogP contribution in [0.15, 0.2) is 70.5 Å². The summed E-state index contributed by atoms with van der Waals surface area (Å²) in [5.74, 6) is 0. The van der Waals surface area contributed by atoms with E-state index < -0.39 is 0 Å². The average molecular weight is 539 g/mol. The van der Waals surface area contributed by atoms with Crippen LogP contribution in [0.1, 0.15) is 47.2 Å². The summed E-state index contributed by atoms with van der Waals surface area (Å²) in [5, 5.41) is 0.203. The molecule has 4 aromatic rings. The molecular formula is C34H34O2S2. The van der Waals surface area contributed by atoms with Crippen molar-refractivity contribution in [3.63, 3.8) is 0 Å². The molecule has 0 saturated carbocycles. The van der Waals surface area contributed by atoms with Crippen LogP contribution < -0.4 is 0 Å². The monoisotopic (exact) mass is 538 g/mol. The van der Waals surface area contributed by atoms with Gasteiger partial charge in [-0.25, -0.2) is 0 Å². The van der Waals surface area contributed by atoms with Gasteiger partial charge < -0.3 is 0 Å². The van der Waals surface area contributed by atoms with Gasteiger partial charge in [0.1, 0.15) is 0 Å². The first-order chi connectivity index (χ1) is 17.9. The third-order valence-corrected chi connectivity index (χ3v) is 8.49. The van der Waals surface area contributed by atoms with Crippen molar-refractivity contribution in [2.45, 2.75) is 65.2 Å². The van der Waals surface area contributed by atoms with Gasteiger partial charge in [0.15, 0.2) is 10.2 Å². The molecule has 194 valence electrons. The van der Waals surface area contributed by atoms with E-state index in [0.29, 0.717) is 0 Å². The third kappa shape index (κ3) is 5.98. The molecule has 0 N–H and O–H groups in total. The Bertz CT molecular complexity index is 1460. The van der Waals surface area contributed by atoms with E-state index in [1.54, 1.807) is 13.8 Å². The lowest BCUT2D eigenvalue weighted by molar-refractivity contribution is -0.109. The van der Waals surface area contributed by atoms with Crippen molar-refractivity contribution in [1.82, 2.24) is 0 Å². The molecule has 0 saturated heterocycles. The Kier molecular flexibility index (Phi) is 8.34. The molecule has 0 amide bonds. The lowest BCUT2D eigenvalue weighted by atomic mass is 9.86. The molecule has 0 spiro atoms. The first-order valence-corrected chi connectivity index (χ1v) is 14.4. The van der Waals surface area contributed by atoms with Crippen LogP contribution in [0, 0.1) is 41.5 Å². The first-order valence-electron chi connectivity index (χ1n) is 12.8. The minimum atomic E-state index is 0.101. The fraction of sp³-hybridized carbons (Fsp3) is 0.235. The zero-order valence-corrected chi connectivity index (χ0v) is 25.0. The molecule has 0 aromatic heterocycles. The third-order valence-electron chi connectivity index (χ3n) is 6.93. The Hall–Kier alpha value is -3.08. The van der Waals surface area contributed by atoms with E-state index in [4.69, 9.17) is 0 Å². The lowest BCUT2D eigenvalue weighted by Crippen LogP contribution is -1.96. The SMILES string of the molecule is CC(=O)Sc1ccc(-c2cc(C)c(-c3cc(C)c(-c4ccc(SC(C)=O)cc4C)cc3C)cc2C)c(C)c1. The Balaban J connectivity index is 1.72. The van der Waals surface area contributed by atoms with E-state index in [2.05, 4.69) is 90.1 Å². The molecule has 0 aliphatic heterocycles. The van der Waals surface area contributed by atoms with Crippen molar-refractivity contribution < 1.29 is 9.59 Å². The topological polar surface area (TPSA) is 34.1 Å². The van der Waals surface area contributed by atoms with Crippen LogP contribution in [0.25, 0.3) is 33.4 Å². The Labute approximate surface area is 235 Å². The molecule has 0 unspecified atom stereocenters. The van der Waals surface area contributed by atoms with Gasteiger partial charge in [0, 0.05) is 23.6 Å². The Morgan fingerprint density at radius 2 is 0.684 bits per heavy atom. The summed E-state index contributed by atoms with van der Waals surface area (Å²) in [6, 6.07) is 21.8. The molecule has 0 aliphatic carbocycles. The molecule has 0 aliphatic rings. The van der Waals surface area contributed by atoms with Crippen LogP contribution in [-0.4, -0.2) is 10.2 Å². The summed E-state index contributed by atoms with van der Waals surface area (Å²) >= 11 is 2.55. The summed E-state index contributed by atoms with van der Waals surface area (Å²) < 4.78 is 0. The van der Waals surface area contributed by atoms with E-state index in [1.807, 2.05) is 12.1 Å². The molecule has 4 rings (SSSR count). The maximum atomic E-state index is 11.5. The number of aryl methyl sites for hydroxylation is 6. The van der Waals surface area contributed by atoms with Crippen LogP contribution in [0.4, 0.5) is 0 Å². The summed E-state index contributed by atoms with van der Waals surface area (Å²) in [6.45, 7) is 16.2.